The van der Waals surface area contributed by atoms with Gasteiger partial charge in [0.25, 0.3) is 0 Å². The average Bonchev–Trinajstić information content (AvgIpc) is 3.31. The van der Waals surface area contributed by atoms with Gasteiger partial charge in [-0.3, -0.25) is 9.78 Å². The molecule has 3 aromatic rings. The van der Waals surface area contributed by atoms with Crippen molar-refractivity contribution in [2.45, 2.75) is 32.2 Å². The molecule has 0 aliphatic heterocycles. The topological polar surface area (TPSA) is 54.0 Å². The Morgan fingerprint density at radius 2 is 2.08 bits per heavy atom. The standard InChI is InChI=1S/C20H21N3OS/c24-20(15-5-1-2-6-15)23-16-7-3-4-14(12-16)13-22-17-8-10-21-18-9-11-25-19(17)18/h3-4,7-12,15H,1-2,5-6,13H2,(H,21,22)(H,23,24). The predicted molar refractivity (Wildman–Crippen MR) is 104 cm³/mol. The molecule has 2 heterocycles. The number of carbonyl (C=O) groups is 1. The molecule has 0 spiro atoms. The lowest BCUT2D eigenvalue weighted by atomic mass is 10.1. The molecule has 4 rings (SSSR count). The number of benzene rings is 1. The van der Waals surface area contributed by atoms with Crippen LogP contribution in [0.3, 0.4) is 0 Å². The summed E-state index contributed by atoms with van der Waals surface area (Å²) in [5.74, 6) is 0.350. The summed E-state index contributed by atoms with van der Waals surface area (Å²) in [4.78, 5) is 16.7. The van der Waals surface area contributed by atoms with Crippen molar-refractivity contribution in [1.29, 1.82) is 0 Å². The van der Waals surface area contributed by atoms with Crippen molar-refractivity contribution in [1.82, 2.24) is 4.98 Å². The lowest BCUT2D eigenvalue weighted by Gasteiger charge is -2.12. The van der Waals surface area contributed by atoms with E-state index in [2.05, 4.69) is 27.1 Å². The number of carbonyl (C=O) groups excluding carboxylic acids is 1. The number of nitrogens with one attached hydrogen (secondary N) is 2. The number of amides is 1. The Hall–Kier alpha value is -2.40. The number of rotatable bonds is 5. The Balaban J connectivity index is 1.43. The van der Waals surface area contributed by atoms with Crippen LogP contribution < -0.4 is 10.6 Å². The third kappa shape index (κ3) is 3.66. The summed E-state index contributed by atoms with van der Waals surface area (Å²) in [6.45, 7) is 0.712. The number of anilines is 2. The maximum atomic E-state index is 12.3. The molecule has 128 valence electrons. The summed E-state index contributed by atoms with van der Waals surface area (Å²) in [6, 6.07) is 12.1. The molecule has 1 fully saturated rings. The van der Waals surface area contributed by atoms with E-state index in [1.165, 1.54) is 17.5 Å². The van der Waals surface area contributed by atoms with Gasteiger partial charge in [0.2, 0.25) is 5.91 Å². The summed E-state index contributed by atoms with van der Waals surface area (Å²) in [7, 11) is 0. The molecule has 1 aliphatic rings. The summed E-state index contributed by atoms with van der Waals surface area (Å²) in [6.07, 6.45) is 6.21. The van der Waals surface area contributed by atoms with E-state index in [4.69, 9.17) is 0 Å². The molecule has 0 radical (unpaired) electrons. The summed E-state index contributed by atoms with van der Waals surface area (Å²) in [5.41, 5.74) is 4.14. The Labute approximate surface area is 151 Å². The van der Waals surface area contributed by atoms with Crippen LogP contribution in [-0.4, -0.2) is 10.9 Å². The fourth-order valence-electron chi connectivity index (χ4n) is 3.40. The van der Waals surface area contributed by atoms with Crippen molar-refractivity contribution in [3.8, 4) is 0 Å². The van der Waals surface area contributed by atoms with E-state index in [1.807, 2.05) is 36.5 Å². The van der Waals surface area contributed by atoms with Gasteiger partial charge in [-0.2, -0.15) is 0 Å². The first-order valence-electron chi connectivity index (χ1n) is 8.75. The van der Waals surface area contributed by atoms with E-state index >= 15 is 0 Å². The molecule has 1 saturated carbocycles. The van der Waals surface area contributed by atoms with Crippen molar-refractivity contribution in [3.63, 3.8) is 0 Å². The van der Waals surface area contributed by atoms with Crippen LogP contribution in [0.4, 0.5) is 11.4 Å². The largest absolute Gasteiger partial charge is 0.380 e. The lowest BCUT2D eigenvalue weighted by Crippen LogP contribution is -2.20. The Kier molecular flexibility index (Phi) is 4.65. The molecule has 5 heteroatoms. The maximum absolute atomic E-state index is 12.3. The molecule has 1 amide bonds. The second kappa shape index (κ2) is 7.23. The highest BCUT2D eigenvalue weighted by Gasteiger charge is 2.22. The van der Waals surface area contributed by atoms with Crippen LogP contribution in [0, 0.1) is 5.92 Å². The van der Waals surface area contributed by atoms with Gasteiger partial charge in [-0.15, -0.1) is 11.3 Å². The van der Waals surface area contributed by atoms with Gasteiger partial charge in [-0.1, -0.05) is 25.0 Å². The molecular formula is C20H21N3OS. The van der Waals surface area contributed by atoms with Crippen LogP contribution in [-0.2, 0) is 11.3 Å². The number of nitrogens with zero attached hydrogens (tertiary/aromatic N) is 1. The first-order valence-corrected chi connectivity index (χ1v) is 9.63. The van der Waals surface area contributed by atoms with Crippen molar-refractivity contribution in [3.05, 3.63) is 53.5 Å². The van der Waals surface area contributed by atoms with Gasteiger partial charge in [-0.25, -0.2) is 0 Å². The third-order valence-electron chi connectivity index (χ3n) is 4.75. The molecule has 1 aliphatic carbocycles. The zero-order valence-electron chi connectivity index (χ0n) is 14.0. The quantitative estimate of drug-likeness (QED) is 0.677. The number of aromatic nitrogens is 1. The van der Waals surface area contributed by atoms with Crippen molar-refractivity contribution in [2.75, 3.05) is 10.6 Å². The Morgan fingerprint density at radius 1 is 1.20 bits per heavy atom. The van der Waals surface area contributed by atoms with Gasteiger partial charge in [-0.05, 0) is 48.1 Å². The number of thiophene rings is 1. The zero-order valence-corrected chi connectivity index (χ0v) is 14.8. The van der Waals surface area contributed by atoms with Gasteiger partial charge in [0.1, 0.15) is 0 Å². The van der Waals surface area contributed by atoms with Gasteiger partial charge in [0.15, 0.2) is 0 Å². The lowest BCUT2D eigenvalue weighted by molar-refractivity contribution is -0.119. The highest BCUT2D eigenvalue weighted by molar-refractivity contribution is 7.17. The highest BCUT2D eigenvalue weighted by atomic mass is 32.1. The molecule has 2 N–H and O–H groups in total. The first-order chi connectivity index (χ1) is 12.3. The van der Waals surface area contributed by atoms with Crippen LogP contribution in [0.5, 0.6) is 0 Å². The summed E-state index contributed by atoms with van der Waals surface area (Å²) < 4.78 is 1.17. The normalized spacial score (nSPS) is 14.7. The molecule has 2 aromatic heterocycles. The van der Waals surface area contributed by atoms with Crippen molar-refractivity contribution < 1.29 is 4.79 Å². The van der Waals surface area contributed by atoms with Crippen LogP contribution in [0.15, 0.2) is 48.0 Å². The molecule has 25 heavy (non-hydrogen) atoms. The number of hydrogen-bond donors (Lipinski definition) is 2. The second-order valence-electron chi connectivity index (χ2n) is 6.52. The molecular weight excluding hydrogens is 330 g/mol. The van der Waals surface area contributed by atoms with Crippen molar-refractivity contribution in [2.24, 2.45) is 5.92 Å². The second-order valence-corrected chi connectivity index (χ2v) is 7.43. The fourth-order valence-corrected chi connectivity index (χ4v) is 4.24. The fraction of sp³-hybridized carbons (Fsp3) is 0.300. The van der Waals surface area contributed by atoms with E-state index in [0.29, 0.717) is 6.54 Å². The molecule has 0 bridgehead atoms. The molecule has 0 atom stereocenters. The molecule has 4 nitrogen and oxygen atoms in total. The number of hydrogen-bond acceptors (Lipinski definition) is 4. The van der Waals surface area contributed by atoms with Crippen molar-refractivity contribution >= 4 is 38.8 Å². The van der Waals surface area contributed by atoms with Gasteiger partial charge in [0, 0.05) is 24.3 Å². The Morgan fingerprint density at radius 3 is 2.96 bits per heavy atom. The number of fused-ring (bicyclic) bond motifs is 1. The minimum absolute atomic E-state index is 0.164. The predicted octanol–water partition coefficient (Wildman–Crippen LogP) is 5.04. The van der Waals surface area contributed by atoms with E-state index < -0.39 is 0 Å². The van der Waals surface area contributed by atoms with Gasteiger partial charge >= 0.3 is 0 Å². The third-order valence-corrected chi connectivity index (χ3v) is 5.68. The Bertz CT molecular complexity index is 883. The monoisotopic (exact) mass is 351 g/mol. The maximum Gasteiger partial charge on any atom is 0.227 e. The minimum atomic E-state index is 0.164. The van der Waals surface area contributed by atoms with Crippen LogP contribution in [0.1, 0.15) is 31.2 Å². The van der Waals surface area contributed by atoms with Gasteiger partial charge < -0.3 is 10.6 Å². The summed E-state index contributed by atoms with van der Waals surface area (Å²) in [5, 5.41) is 8.61. The molecule has 1 aromatic carbocycles. The van der Waals surface area contributed by atoms with Gasteiger partial charge in [0.05, 0.1) is 15.9 Å². The van der Waals surface area contributed by atoms with Crippen LogP contribution in [0.25, 0.3) is 10.2 Å². The first kappa shape index (κ1) is 16.1. The number of pyridine rings is 1. The SMILES string of the molecule is O=C(Nc1cccc(CNc2ccnc3ccsc23)c1)C1CCCC1. The minimum Gasteiger partial charge on any atom is -0.380 e. The highest BCUT2D eigenvalue weighted by Crippen LogP contribution is 2.28. The molecule has 0 saturated heterocycles. The van der Waals surface area contributed by atoms with Crippen LogP contribution in [0.2, 0.25) is 0 Å². The smallest absolute Gasteiger partial charge is 0.227 e. The molecule has 0 unspecified atom stereocenters. The van der Waals surface area contributed by atoms with E-state index in [0.717, 1.165) is 35.3 Å². The van der Waals surface area contributed by atoms with E-state index in [-0.39, 0.29) is 11.8 Å². The average molecular weight is 351 g/mol. The van der Waals surface area contributed by atoms with E-state index in [9.17, 15) is 4.79 Å². The van der Waals surface area contributed by atoms with Crippen LogP contribution >= 0.6 is 11.3 Å². The summed E-state index contributed by atoms with van der Waals surface area (Å²) >= 11 is 1.69. The zero-order chi connectivity index (χ0) is 17.1. The van der Waals surface area contributed by atoms with E-state index in [1.54, 1.807) is 11.3 Å².